The van der Waals surface area contributed by atoms with E-state index in [9.17, 15) is 19.8 Å². The van der Waals surface area contributed by atoms with Crippen LogP contribution in [-0.2, 0) is 50.4 Å². The van der Waals surface area contributed by atoms with Gasteiger partial charge in [-0.05, 0) is 190 Å². The second-order valence-electron chi connectivity index (χ2n) is 23.2. The normalized spacial score (nSPS) is 15.5. The Labute approximate surface area is 453 Å². The second-order valence-corrected chi connectivity index (χ2v) is 23.2. The first-order chi connectivity index (χ1) is 36.2. The van der Waals surface area contributed by atoms with E-state index in [0.29, 0.717) is 60.1 Å². The van der Waals surface area contributed by atoms with Crippen LogP contribution in [0.3, 0.4) is 0 Å². The van der Waals surface area contributed by atoms with Gasteiger partial charge in [0.1, 0.15) is 5.60 Å². The van der Waals surface area contributed by atoms with E-state index in [2.05, 4.69) is 109 Å². The topological polar surface area (TPSA) is 142 Å². The highest BCUT2D eigenvalue weighted by molar-refractivity contribution is 6.47. The van der Waals surface area contributed by atoms with Crippen LogP contribution in [0, 0.1) is 0 Å². The summed E-state index contributed by atoms with van der Waals surface area (Å²) in [4.78, 5) is 23.8. The van der Waals surface area contributed by atoms with Crippen LogP contribution in [0.4, 0.5) is 4.79 Å². The number of aliphatic carboxylic acids is 1. The molecule has 1 amide bonds. The number of carbonyl (C=O) groups excluding carboxylic acids is 1. The lowest BCUT2D eigenvalue weighted by Crippen LogP contribution is -2.49. The van der Waals surface area contributed by atoms with Gasteiger partial charge in [-0.25, -0.2) is 4.79 Å². The lowest BCUT2D eigenvalue weighted by molar-refractivity contribution is -0.137. The van der Waals surface area contributed by atoms with Gasteiger partial charge in [0.25, 0.3) is 0 Å². The summed E-state index contributed by atoms with van der Waals surface area (Å²) in [5.74, 6) is -0.768. The number of nitrogens with one attached hydrogen (secondary N) is 1. The average molecular weight is 1040 g/mol. The molecule has 2 aliphatic rings. The van der Waals surface area contributed by atoms with E-state index in [1.54, 1.807) is 28.1 Å². The molecular weight excluding hydrogens is 954 g/mol. The number of rotatable bonds is 29. The fourth-order valence-corrected chi connectivity index (χ4v) is 11.0. The largest absolute Gasteiger partial charge is 0.481 e. The van der Waals surface area contributed by atoms with Crippen LogP contribution in [0.15, 0.2) is 97.1 Å². The molecule has 0 bridgehead atoms. The summed E-state index contributed by atoms with van der Waals surface area (Å²) >= 11 is 0. The minimum atomic E-state index is -1.03. The van der Waals surface area contributed by atoms with E-state index in [0.717, 1.165) is 84.6 Å². The minimum absolute atomic E-state index is 0.159. The Morgan fingerprint density at radius 1 is 0.579 bits per heavy atom. The lowest BCUT2D eigenvalue weighted by Gasteiger charge is -2.37. The highest BCUT2D eigenvalue weighted by atomic mass is 16.6. The van der Waals surface area contributed by atoms with Crippen LogP contribution in [-0.4, -0.2) is 107 Å². The number of amides is 1. The summed E-state index contributed by atoms with van der Waals surface area (Å²) < 4.78 is 34.8. The van der Waals surface area contributed by atoms with E-state index >= 15 is 0 Å². The molecule has 11 nitrogen and oxygen atoms in total. The van der Waals surface area contributed by atoms with Crippen molar-refractivity contribution >= 4 is 25.0 Å². The summed E-state index contributed by atoms with van der Waals surface area (Å²) in [6.07, 6.45) is 7.11. The van der Waals surface area contributed by atoms with Crippen LogP contribution in [0.25, 0.3) is 44.5 Å². The number of unbranched alkanes of at least 4 members (excludes halogenated alkanes) is 1. The number of hydrogen-bond donors (Lipinski definition) is 3. The molecule has 0 aliphatic heterocycles. The maximum atomic E-state index is 12.6. The minimum Gasteiger partial charge on any atom is -0.481 e. The number of fused-ring (bicyclic) bond motifs is 6. The fourth-order valence-electron chi connectivity index (χ4n) is 11.0. The van der Waals surface area contributed by atoms with E-state index < -0.39 is 28.9 Å². The van der Waals surface area contributed by atoms with Gasteiger partial charge in [0.05, 0.1) is 37.6 Å². The van der Waals surface area contributed by atoms with Gasteiger partial charge in [0.15, 0.2) is 0 Å². The molecule has 3 N–H and O–H groups in total. The Kier molecular flexibility index (Phi) is 19.5. The first-order valence-electron chi connectivity index (χ1n) is 27.6. The van der Waals surface area contributed by atoms with E-state index in [4.69, 9.17) is 28.3 Å². The maximum absolute atomic E-state index is 12.6. The molecule has 0 heterocycles. The van der Waals surface area contributed by atoms with Crippen molar-refractivity contribution in [1.82, 2.24) is 5.32 Å². The van der Waals surface area contributed by atoms with Crippen molar-refractivity contribution in [2.24, 2.45) is 0 Å². The van der Waals surface area contributed by atoms with E-state index in [-0.39, 0.29) is 17.3 Å². The number of hydrogen-bond acceptors (Lipinski definition) is 9. The summed E-state index contributed by atoms with van der Waals surface area (Å²) in [5, 5.41) is 23.1. The summed E-state index contributed by atoms with van der Waals surface area (Å²) in [7, 11) is 3.76. The van der Waals surface area contributed by atoms with Crippen LogP contribution in [0.2, 0.25) is 0 Å². The molecule has 76 heavy (non-hydrogen) atoms. The molecule has 7 rings (SSSR count). The van der Waals surface area contributed by atoms with E-state index in [1.165, 1.54) is 44.5 Å². The molecule has 5 aromatic carbocycles. The number of aliphatic hydroxyl groups is 1. The second kappa shape index (κ2) is 25.4. The molecule has 0 aromatic heterocycles. The van der Waals surface area contributed by atoms with Crippen molar-refractivity contribution in [3.8, 4) is 44.5 Å². The van der Waals surface area contributed by atoms with Gasteiger partial charge in [-0.15, -0.1) is 0 Å². The molecule has 408 valence electrons. The van der Waals surface area contributed by atoms with Gasteiger partial charge >= 0.3 is 19.5 Å². The summed E-state index contributed by atoms with van der Waals surface area (Å²) in [6.45, 7) is 19.4. The van der Waals surface area contributed by atoms with Crippen molar-refractivity contribution in [3.63, 3.8) is 0 Å². The van der Waals surface area contributed by atoms with Gasteiger partial charge in [0, 0.05) is 51.2 Å². The highest BCUT2D eigenvalue weighted by Crippen LogP contribution is 2.56. The molecule has 0 fully saturated rings. The molecule has 0 saturated heterocycles. The molecule has 5 aromatic rings. The van der Waals surface area contributed by atoms with Gasteiger partial charge in [-0.1, -0.05) is 97.7 Å². The monoisotopic (exact) mass is 1040 g/mol. The number of methoxy groups -OCH3 is 2. The third-order valence-electron chi connectivity index (χ3n) is 15.9. The Morgan fingerprint density at radius 2 is 1.08 bits per heavy atom. The molecular formula is C64H84BNO10. The van der Waals surface area contributed by atoms with Crippen molar-refractivity contribution in [1.29, 1.82) is 0 Å². The average Bonchev–Trinajstić information content (AvgIpc) is 3.84. The third kappa shape index (κ3) is 14.0. The quantitative estimate of drug-likeness (QED) is 0.0313. The lowest BCUT2D eigenvalue weighted by atomic mass is 9.70. The molecule has 2 aliphatic carbocycles. The van der Waals surface area contributed by atoms with Crippen LogP contribution in [0.1, 0.15) is 141 Å². The Hall–Kier alpha value is -5.34. The van der Waals surface area contributed by atoms with Crippen LogP contribution < -0.4 is 10.8 Å². The van der Waals surface area contributed by atoms with Crippen molar-refractivity contribution in [2.75, 3.05) is 60.4 Å². The molecule has 1 atom stereocenters. The number of carboxylic acids is 1. The van der Waals surface area contributed by atoms with Crippen LogP contribution in [0.5, 0.6) is 0 Å². The van der Waals surface area contributed by atoms with Gasteiger partial charge in [-0.3, -0.25) is 4.79 Å². The number of alkyl carbamates (subject to hydrolysis) is 1. The van der Waals surface area contributed by atoms with Gasteiger partial charge < -0.3 is 43.9 Å². The van der Waals surface area contributed by atoms with Crippen LogP contribution >= 0.6 is 0 Å². The zero-order valence-corrected chi connectivity index (χ0v) is 47.1. The molecule has 0 radical (unpaired) electrons. The SMILES string of the molecule is COCCOCCCC1(CCCOCCOC)c2cc(-c3ccc(CCCC(=O)O)cc3)ccc2-c2ccc(-c3ccc4c(c3)C(C)(CCCCNC(=O)OC(C)(C)C)c3cc(BOC(C)(C)C(C)(C)O)ccc3-4)cc21. The fraction of sp³-hybridized carbons (Fsp3) is 0.500. The van der Waals surface area contributed by atoms with Gasteiger partial charge in [0.2, 0.25) is 0 Å². The van der Waals surface area contributed by atoms with E-state index in [1.807, 2.05) is 34.6 Å². The molecule has 12 heteroatoms. The highest BCUT2D eigenvalue weighted by Gasteiger charge is 2.44. The van der Waals surface area contributed by atoms with Crippen molar-refractivity contribution < 1.29 is 48.1 Å². The Balaban J connectivity index is 1.27. The zero-order chi connectivity index (χ0) is 54.7. The first kappa shape index (κ1) is 58.3. The zero-order valence-electron chi connectivity index (χ0n) is 47.1. The summed E-state index contributed by atoms with van der Waals surface area (Å²) in [6, 6.07) is 36.4. The number of carbonyl (C=O) groups is 2. The number of carboxylic acid groups (broad SMARTS) is 1. The standard InChI is InChI=1S/C64H84BNO10/c1-60(2,3)75-59(69)66-33-12-11-30-63(8)54-40-47(23-26-50(54)51-29-25-49(43-55(51)63)65-76-62(6,7)61(4,5)70)48-24-28-53-52-27-22-46(45-20-18-44(19-21-45)16-13-17-58(67)68)41-56(52)64(57(53)42-48,31-14-34-73-38-36-71-9)32-15-35-74-39-37-72-10/h18-29,40-43,65,70H,11-17,30-39H2,1-10H3,(H,66,69)(H,67,68). The third-order valence-corrected chi connectivity index (χ3v) is 15.9. The Bertz CT molecular complexity index is 2740. The predicted octanol–water partition coefficient (Wildman–Crippen LogP) is 12.1. The number of aryl methyl sites for hydroxylation is 1. The number of ether oxygens (including phenoxy) is 5. The summed E-state index contributed by atoms with van der Waals surface area (Å²) in [5.41, 5.74) is 13.9. The Morgan fingerprint density at radius 3 is 1.61 bits per heavy atom. The molecule has 0 saturated carbocycles. The van der Waals surface area contributed by atoms with Crippen molar-refractivity contribution in [2.45, 2.75) is 147 Å². The van der Waals surface area contributed by atoms with Gasteiger partial charge in [-0.2, -0.15) is 0 Å². The molecule has 0 spiro atoms. The predicted molar refractivity (Wildman–Crippen MR) is 306 cm³/mol. The van der Waals surface area contributed by atoms with Crippen molar-refractivity contribution in [3.05, 3.63) is 125 Å². The smallest absolute Gasteiger partial charge is 0.407 e. The molecule has 1 unspecified atom stereocenters. The number of benzene rings is 5. The maximum Gasteiger partial charge on any atom is 0.407 e. The first-order valence-corrected chi connectivity index (χ1v) is 27.6.